The van der Waals surface area contributed by atoms with Gasteiger partial charge in [-0.25, -0.2) is 9.46 Å². The van der Waals surface area contributed by atoms with Gasteiger partial charge in [-0.2, -0.15) is 18.4 Å². The number of hydrogen-bond donors (Lipinski definition) is 1. The minimum Gasteiger partial charge on any atom is -0.456 e. The summed E-state index contributed by atoms with van der Waals surface area (Å²) in [4.78, 5) is 51.3. The second-order valence-corrected chi connectivity index (χ2v) is 23.4. The Morgan fingerprint density at radius 2 is 1.25 bits per heavy atom. The fourth-order valence-corrected chi connectivity index (χ4v) is 10.9. The third-order valence-corrected chi connectivity index (χ3v) is 15.3. The number of carbonyl (C=O) groups is 4. The number of benzene rings is 3. The number of ether oxygens (including phenoxy) is 4. The fraction of sp³-hybridized carbons (Fsp3) is 0.549. The Hall–Kier alpha value is -4.92. The Morgan fingerprint density at radius 3 is 1.75 bits per heavy atom. The van der Waals surface area contributed by atoms with Crippen molar-refractivity contribution < 1.29 is 74.0 Å². The summed E-state index contributed by atoms with van der Waals surface area (Å²) in [5, 5.41) is 10.9. The predicted octanol–water partition coefficient (Wildman–Crippen LogP) is 11.3. The molecule has 2 unspecified atom stereocenters. The van der Waals surface area contributed by atoms with Gasteiger partial charge in [0.1, 0.15) is 23.0 Å². The summed E-state index contributed by atoms with van der Waals surface area (Å²) in [6, 6.07) is 16.0. The normalized spacial score (nSPS) is 15.2. The number of amides is 1. The van der Waals surface area contributed by atoms with Gasteiger partial charge < -0.3 is 42.4 Å². The summed E-state index contributed by atoms with van der Waals surface area (Å²) < 4.78 is 104. The van der Waals surface area contributed by atoms with Crippen LogP contribution in [0.4, 0.5) is 13.2 Å². The quantitative estimate of drug-likeness (QED) is 0.0384. The highest BCUT2D eigenvalue weighted by atomic mass is 31.2. The number of nitrogens with one attached hydrogen (secondary N) is 1. The third kappa shape index (κ3) is 14.4. The van der Waals surface area contributed by atoms with E-state index in [0.29, 0.717) is 37.0 Å². The highest BCUT2D eigenvalue weighted by molar-refractivity contribution is 7.62. The van der Waals surface area contributed by atoms with E-state index in [0.717, 1.165) is 6.42 Å². The fourth-order valence-electron chi connectivity index (χ4n) is 7.59. The van der Waals surface area contributed by atoms with Crippen molar-refractivity contribution >= 4 is 45.2 Å². The Bertz CT molecular complexity index is 2430. The van der Waals surface area contributed by atoms with Gasteiger partial charge in [0.15, 0.2) is 5.60 Å². The summed E-state index contributed by atoms with van der Waals surface area (Å²) in [7, 11) is -5.70. The molecule has 0 saturated carbocycles. The Morgan fingerprint density at radius 1 is 0.736 bits per heavy atom. The number of unbranched alkanes of at least 4 members (excludes halogenated alkanes) is 4. The van der Waals surface area contributed by atoms with E-state index in [-0.39, 0.29) is 97.1 Å². The number of rotatable bonds is 24. The molecule has 72 heavy (non-hydrogen) atoms. The van der Waals surface area contributed by atoms with Gasteiger partial charge in [0, 0.05) is 47.5 Å². The van der Waals surface area contributed by atoms with Crippen molar-refractivity contribution in [1.29, 1.82) is 5.26 Å². The maximum Gasteiger partial charge on any atom is 0.471 e. The molecule has 2 atom stereocenters. The van der Waals surface area contributed by atoms with Gasteiger partial charge in [0.25, 0.3) is 8.53 Å². The van der Waals surface area contributed by atoms with Gasteiger partial charge >= 0.3 is 37.6 Å². The van der Waals surface area contributed by atoms with Crippen molar-refractivity contribution in [3.63, 3.8) is 0 Å². The monoisotopic (exact) mass is 1050 g/mol. The molecule has 1 N–H and O–H groups in total. The first-order valence-electron chi connectivity index (χ1n) is 24.0. The molecule has 16 nitrogen and oxygen atoms in total. The Balaban J connectivity index is 1.45. The molecule has 1 spiro atoms. The average Bonchev–Trinajstić information content (AvgIpc) is 3.57. The first-order valence-corrected chi connectivity index (χ1v) is 26.7. The molecule has 0 aliphatic carbocycles. The highest BCUT2D eigenvalue weighted by Gasteiger charge is 2.54. The third-order valence-electron chi connectivity index (χ3n) is 11.2. The van der Waals surface area contributed by atoms with Crippen LogP contribution in [0.1, 0.15) is 141 Å². The van der Waals surface area contributed by atoms with Gasteiger partial charge in [0.2, 0.25) is 0 Å². The number of nitriles is 1. The van der Waals surface area contributed by atoms with Crippen LogP contribution >= 0.6 is 16.1 Å². The maximum absolute atomic E-state index is 15.1. The molecule has 0 aromatic heterocycles. The number of esters is 3. The summed E-state index contributed by atoms with van der Waals surface area (Å²) in [5.41, 5.74) is -2.49. The lowest BCUT2D eigenvalue weighted by Crippen LogP contribution is -2.37. The molecule has 394 valence electrons. The zero-order valence-electron chi connectivity index (χ0n) is 42.6. The topological polar surface area (TPSA) is 198 Å². The van der Waals surface area contributed by atoms with Crippen molar-refractivity contribution in [2.45, 2.75) is 138 Å². The van der Waals surface area contributed by atoms with Crippen LogP contribution in [0.3, 0.4) is 0 Å². The molecule has 1 amide bonds. The number of hydrogen-bond acceptors (Lipinski definition) is 15. The lowest BCUT2D eigenvalue weighted by molar-refractivity contribution is -0.173. The standard InChI is InChI=1S/C51H66F3N3O13P2/c1-33(2)57(34(3)4)71(64-27-17-24-55)63-26-14-11-12-15-28-65-72(62,66-29-16-13-25-56-45(59)51(52,53)54)37-20-21-38-41(32-37)50(70-44(38)58)39-22-18-35(67-46(60)48(5,6)7)30-42(39)69-43-31-36(19-23-40(43)50)68-47(61)49(8,9)10/h18-23,30-34H,11-17,25-29H2,1-10H3,(H,56,59). The van der Waals surface area contributed by atoms with Crippen molar-refractivity contribution in [3.8, 4) is 29.1 Å². The molecule has 2 aliphatic heterocycles. The summed E-state index contributed by atoms with van der Waals surface area (Å²) in [6.45, 7) is 18.5. The molecule has 21 heteroatoms. The lowest BCUT2D eigenvalue weighted by Gasteiger charge is -2.37. The zero-order valence-corrected chi connectivity index (χ0v) is 44.4. The molecular formula is C51H66F3N3O13P2. The SMILES string of the molecule is CC(C)N(C(C)C)P(OCCC#N)OCCCCCCOP(=O)(OCCCCNC(=O)C(F)(F)F)c1ccc2c(c1)C1(OC2=O)c2ccc(OC(=O)C(C)(C)C)cc2Oc2cc(OC(=O)C(C)(C)C)ccc21. The molecule has 0 bridgehead atoms. The summed E-state index contributed by atoms with van der Waals surface area (Å²) in [6.07, 6.45) is -2.15. The van der Waals surface area contributed by atoms with Crippen LogP contribution < -0.4 is 24.8 Å². The Kier molecular flexibility index (Phi) is 19.7. The molecule has 5 rings (SSSR count). The molecular weight excluding hydrogens is 982 g/mol. The van der Waals surface area contributed by atoms with Gasteiger partial charge in [-0.3, -0.25) is 18.9 Å². The summed E-state index contributed by atoms with van der Waals surface area (Å²) >= 11 is 0. The first kappa shape index (κ1) is 58.0. The number of nitrogens with zero attached hydrogens (tertiary/aromatic N) is 2. The average molecular weight is 1050 g/mol. The van der Waals surface area contributed by atoms with Crippen LogP contribution in [-0.2, 0) is 47.4 Å². The molecule has 3 aromatic carbocycles. The number of fused-ring (bicyclic) bond motifs is 6. The maximum atomic E-state index is 15.1. The minimum absolute atomic E-state index is 0.0263. The second kappa shape index (κ2) is 24.4. The van der Waals surface area contributed by atoms with E-state index in [2.05, 4.69) is 38.4 Å². The molecule has 0 fully saturated rings. The van der Waals surface area contributed by atoms with Crippen molar-refractivity contribution in [1.82, 2.24) is 9.99 Å². The number of alkyl halides is 3. The van der Waals surface area contributed by atoms with E-state index in [9.17, 15) is 32.3 Å². The highest BCUT2D eigenvalue weighted by Crippen LogP contribution is 2.58. The van der Waals surface area contributed by atoms with E-state index in [4.69, 9.17) is 42.3 Å². The van der Waals surface area contributed by atoms with Crippen LogP contribution in [0.5, 0.6) is 23.0 Å². The number of carbonyl (C=O) groups excluding carboxylic acids is 4. The molecule has 2 heterocycles. The van der Waals surface area contributed by atoms with E-state index >= 15 is 4.57 Å². The van der Waals surface area contributed by atoms with E-state index in [1.54, 1.807) is 53.7 Å². The van der Waals surface area contributed by atoms with Crippen LogP contribution in [-0.4, -0.2) is 79.7 Å². The number of halogens is 3. The lowest BCUT2D eigenvalue weighted by atomic mass is 9.77. The van der Waals surface area contributed by atoms with Crippen LogP contribution in [0.15, 0.2) is 54.6 Å². The minimum atomic E-state index is -5.05. The van der Waals surface area contributed by atoms with Gasteiger partial charge in [-0.1, -0.05) is 12.8 Å². The van der Waals surface area contributed by atoms with Crippen molar-refractivity contribution in [2.75, 3.05) is 33.0 Å². The van der Waals surface area contributed by atoms with Crippen LogP contribution in [0.2, 0.25) is 0 Å². The van der Waals surface area contributed by atoms with Crippen LogP contribution in [0.25, 0.3) is 0 Å². The molecule has 0 radical (unpaired) electrons. The van der Waals surface area contributed by atoms with E-state index < -0.39 is 62.5 Å². The van der Waals surface area contributed by atoms with Gasteiger partial charge in [-0.15, -0.1) is 0 Å². The Labute approximate surface area is 421 Å². The molecule has 2 aliphatic rings. The van der Waals surface area contributed by atoms with Gasteiger partial charge in [0.05, 0.1) is 60.6 Å². The van der Waals surface area contributed by atoms with Crippen LogP contribution in [0, 0.1) is 22.2 Å². The second-order valence-electron chi connectivity index (χ2n) is 19.9. The first-order chi connectivity index (χ1) is 33.7. The summed E-state index contributed by atoms with van der Waals surface area (Å²) in [5.74, 6) is -3.33. The zero-order chi connectivity index (χ0) is 53.2. The van der Waals surface area contributed by atoms with E-state index in [1.165, 1.54) is 42.5 Å². The van der Waals surface area contributed by atoms with Gasteiger partial charge in [-0.05, 0) is 137 Å². The predicted molar refractivity (Wildman–Crippen MR) is 262 cm³/mol. The van der Waals surface area contributed by atoms with Crippen molar-refractivity contribution in [3.05, 3.63) is 76.9 Å². The smallest absolute Gasteiger partial charge is 0.456 e. The largest absolute Gasteiger partial charge is 0.471 e. The van der Waals surface area contributed by atoms with E-state index in [1.807, 2.05) is 5.32 Å². The molecule has 3 aromatic rings. The van der Waals surface area contributed by atoms with Crippen molar-refractivity contribution in [2.24, 2.45) is 10.8 Å². The molecule has 0 saturated heterocycles.